The summed E-state index contributed by atoms with van der Waals surface area (Å²) in [6, 6.07) is 8.82. The van der Waals surface area contributed by atoms with Gasteiger partial charge in [-0.15, -0.1) is 0 Å². The lowest BCUT2D eigenvalue weighted by molar-refractivity contribution is 0.253. The number of rotatable bonds is 4. The van der Waals surface area contributed by atoms with Crippen molar-refractivity contribution < 1.29 is 5.11 Å². The molecule has 3 rings (SSSR count). The van der Waals surface area contributed by atoms with Crippen molar-refractivity contribution >= 4 is 0 Å². The smallest absolute Gasteiger partial charge is 0.0528 e. The van der Waals surface area contributed by atoms with Gasteiger partial charge in [-0.2, -0.15) is 0 Å². The largest absolute Gasteiger partial charge is 0.395 e. The third-order valence-corrected chi connectivity index (χ3v) is 4.85. The molecule has 1 unspecified atom stereocenters. The summed E-state index contributed by atoms with van der Waals surface area (Å²) in [6.45, 7) is 2.39. The van der Waals surface area contributed by atoms with E-state index in [-0.39, 0.29) is 23.5 Å². The summed E-state index contributed by atoms with van der Waals surface area (Å²) < 4.78 is 0. The summed E-state index contributed by atoms with van der Waals surface area (Å²) in [5.74, 6) is 0. The van der Waals surface area contributed by atoms with Crippen molar-refractivity contribution in [3.8, 4) is 0 Å². The van der Waals surface area contributed by atoms with Gasteiger partial charge in [0.1, 0.15) is 0 Å². The van der Waals surface area contributed by atoms with E-state index in [2.05, 4.69) is 31.2 Å². The lowest BCUT2D eigenvalue weighted by Crippen LogP contribution is -2.33. The number of aliphatic hydroxyl groups excluding tert-OH is 1. The van der Waals surface area contributed by atoms with Crippen molar-refractivity contribution in [1.82, 2.24) is 0 Å². The Kier molecular flexibility index (Phi) is 2.36. The van der Waals surface area contributed by atoms with Gasteiger partial charge >= 0.3 is 0 Å². The molecule has 0 radical (unpaired) electrons. The van der Waals surface area contributed by atoms with Crippen LogP contribution in [-0.2, 0) is 10.8 Å². The predicted molar refractivity (Wildman–Crippen MR) is 69.0 cm³/mol. The van der Waals surface area contributed by atoms with E-state index in [1.807, 2.05) is 0 Å². The van der Waals surface area contributed by atoms with Gasteiger partial charge in [0.05, 0.1) is 6.61 Å². The summed E-state index contributed by atoms with van der Waals surface area (Å²) in [4.78, 5) is 0. The van der Waals surface area contributed by atoms with E-state index in [1.54, 1.807) is 0 Å². The third-order valence-electron chi connectivity index (χ3n) is 4.85. The first-order chi connectivity index (χ1) is 8.15. The summed E-state index contributed by atoms with van der Waals surface area (Å²) >= 11 is 0. The number of benzene rings is 1. The van der Waals surface area contributed by atoms with Crippen LogP contribution in [-0.4, -0.2) is 17.8 Å². The van der Waals surface area contributed by atoms with E-state index in [0.29, 0.717) is 0 Å². The fraction of sp³-hybridized carbons (Fsp3) is 0.600. The topological polar surface area (TPSA) is 46.2 Å². The van der Waals surface area contributed by atoms with Crippen LogP contribution in [0.15, 0.2) is 24.3 Å². The van der Waals surface area contributed by atoms with Gasteiger partial charge in [0.2, 0.25) is 0 Å². The van der Waals surface area contributed by atoms with Crippen molar-refractivity contribution in [3.05, 3.63) is 35.4 Å². The lowest BCUT2D eigenvalue weighted by atomic mass is 9.81. The van der Waals surface area contributed by atoms with E-state index in [4.69, 9.17) is 5.73 Å². The second kappa shape index (κ2) is 3.56. The van der Waals surface area contributed by atoms with Gasteiger partial charge in [-0.1, -0.05) is 24.3 Å². The maximum atomic E-state index is 9.63. The molecule has 2 saturated carbocycles. The van der Waals surface area contributed by atoms with Crippen LogP contribution < -0.4 is 5.73 Å². The van der Waals surface area contributed by atoms with Gasteiger partial charge < -0.3 is 10.8 Å². The Labute approximate surface area is 103 Å². The molecule has 0 aromatic heterocycles. The lowest BCUT2D eigenvalue weighted by Gasteiger charge is -2.26. The zero-order valence-corrected chi connectivity index (χ0v) is 10.4. The average molecular weight is 231 g/mol. The van der Waals surface area contributed by atoms with Gasteiger partial charge in [0.15, 0.2) is 0 Å². The van der Waals surface area contributed by atoms with E-state index in [1.165, 1.54) is 24.0 Å². The molecule has 2 nitrogen and oxygen atoms in total. The summed E-state index contributed by atoms with van der Waals surface area (Å²) in [5.41, 5.74) is 9.19. The third kappa shape index (κ3) is 1.54. The van der Waals surface area contributed by atoms with Crippen LogP contribution in [0, 0.1) is 0 Å². The molecule has 0 bridgehead atoms. The summed E-state index contributed by atoms with van der Waals surface area (Å²) in [5, 5.41) is 9.63. The molecule has 1 aromatic rings. The number of aliphatic hydroxyl groups is 1. The Bertz CT molecular complexity index is 430. The molecule has 0 saturated heterocycles. The van der Waals surface area contributed by atoms with Crippen LogP contribution in [0.1, 0.15) is 43.7 Å². The normalized spacial score (nSPS) is 25.4. The number of hydrogen-bond acceptors (Lipinski definition) is 2. The van der Waals surface area contributed by atoms with Crippen molar-refractivity contribution in [3.63, 3.8) is 0 Å². The highest BCUT2D eigenvalue weighted by Crippen LogP contribution is 2.57. The fourth-order valence-corrected chi connectivity index (χ4v) is 3.15. The van der Waals surface area contributed by atoms with Gasteiger partial charge in [-0.3, -0.25) is 0 Å². The molecular formula is C15H21NO. The molecule has 17 heavy (non-hydrogen) atoms. The number of nitrogens with two attached hydrogens (primary N) is 1. The molecule has 1 atom stereocenters. The second-order valence-corrected chi connectivity index (χ2v) is 5.93. The highest BCUT2D eigenvalue weighted by molar-refractivity contribution is 5.46. The molecule has 0 amide bonds. The van der Waals surface area contributed by atoms with Crippen LogP contribution in [0.5, 0.6) is 0 Å². The van der Waals surface area contributed by atoms with Crippen LogP contribution in [0.2, 0.25) is 0 Å². The highest BCUT2D eigenvalue weighted by Gasteiger charge is 2.53. The minimum atomic E-state index is 0.0566. The molecule has 0 aliphatic heterocycles. The molecule has 1 aromatic carbocycles. The van der Waals surface area contributed by atoms with Crippen LogP contribution in [0.4, 0.5) is 0 Å². The molecule has 2 aliphatic carbocycles. The maximum absolute atomic E-state index is 9.63. The monoisotopic (exact) mass is 231 g/mol. The first kappa shape index (κ1) is 11.2. The van der Waals surface area contributed by atoms with Gasteiger partial charge in [-0.25, -0.2) is 0 Å². The molecule has 3 N–H and O–H groups in total. The minimum Gasteiger partial charge on any atom is -0.395 e. The zero-order valence-electron chi connectivity index (χ0n) is 10.4. The molecule has 0 heterocycles. The summed E-state index contributed by atoms with van der Waals surface area (Å²) in [7, 11) is 0. The summed E-state index contributed by atoms with van der Waals surface area (Å²) in [6.07, 6.45) is 4.64. The van der Waals surface area contributed by atoms with Crippen LogP contribution >= 0.6 is 0 Å². The Hall–Kier alpha value is -0.860. The van der Waals surface area contributed by atoms with Gasteiger partial charge in [0.25, 0.3) is 0 Å². The van der Waals surface area contributed by atoms with E-state index in [0.717, 1.165) is 12.8 Å². The molecule has 92 valence electrons. The Morgan fingerprint density at radius 2 is 1.76 bits per heavy atom. The Balaban J connectivity index is 2.06. The van der Waals surface area contributed by atoms with Gasteiger partial charge in [-0.05, 0) is 43.7 Å². The zero-order chi connectivity index (χ0) is 12.1. The van der Waals surface area contributed by atoms with Crippen LogP contribution in [0.25, 0.3) is 0 Å². The quantitative estimate of drug-likeness (QED) is 0.833. The van der Waals surface area contributed by atoms with E-state index < -0.39 is 0 Å². The maximum Gasteiger partial charge on any atom is 0.0528 e. The molecule has 0 spiro atoms. The SMILES string of the molecule is CC(N)C1(c2ccccc2C2(CO)CC2)CC1. The van der Waals surface area contributed by atoms with E-state index in [9.17, 15) is 5.11 Å². The first-order valence-corrected chi connectivity index (χ1v) is 6.61. The molecular weight excluding hydrogens is 210 g/mol. The fourth-order valence-electron chi connectivity index (χ4n) is 3.15. The van der Waals surface area contributed by atoms with Crippen molar-refractivity contribution in [2.75, 3.05) is 6.61 Å². The van der Waals surface area contributed by atoms with Crippen molar-refractivity contribution in [2.45, 2.75) is 49.5 Å². The van der Waals surface area contributed by atoms with E-state index >= 15 is 0 Å². The second-order valence-electron chi connectivity index (χ2n) is 5.93. The highest BCUT2D eigenvalue weighted by atomic mass is 16.3. The average Bonchev–Trinajstić information content (AvgIpc) is 3.23. The van der Waals surface area contributed by atoms with Crippen molar-refractivity contribution in [2.24, 2.45) is 5.73 Å². The number of hydrogen-bond donors (Lipinski definition) is 2. The first-order valence-electron chi connectivity index (χ1n) is 6.61. The molecule has 2 aliphatic rings. The van der Waals surface area contributed by atoms with Crippen molar-refractivity contribution in [1.29, 1.82) is 0 Å². The minimum absolute atomic E-state index is 0.0566. The molecule has 2 fully saturated rings. The Morgan fingerprint density at radius 3 is 2.18 bits per heavy atom. The predicted octanol–water partition coefficient (Wildman–Crippen LogP) is 2.09. The van der Waals surface area contributed by atoms with Gasteiger partial charge in [0, 0.05) is 16.9 Å². The standard InChI is InChI=1S/C15H21NO/c1-11(16)15(8-9-15)13-5-3-2-4-12(13)14(10-17)6-7-14/h2-5,11,17H,6-10,16H2,1H3. The molecule has 2 heteroatoms. The Morgan fingerprint density at radius 1 is 1.18 bits per heavy atom. The van der Waals surface area contributed by atoms with Crippen LogP contribution in [0.3, 0.4) is 0 Å².